The standard InChI is InChI=1S/C22H40O4/c1-4-6-8-10-12-14-16-18-25-21(23)20(3)22(24)26-19-17-15-13-11-9-7-5-2/h3-19H2,1-2H3. The van der Waals surface area contributed by atoms with Crippen LogP contribution in [0.5, 0.6) is 0 Å². The van der Waals surface area contributed by atoms with Crippen LogP contribution < -0.4 is 0 Å². The molecule has 152 valence electrons. The average Bonchev–Trinajstić information content (AvgIpc) is 2.65. The van der Waals surface area contributed by atoms with E-state index in [4.69, 9.17) is 9.47 Å². The zero-order valence-corrected chi connectivity index (χ0v) is 17.2. The molecule has 0 fully saturated rings. The normalized spacial score (nSPS) is 10.5. The van der Waals surface area contributed by atoms with E-state index in [0.717, 1.165) is 25.7 Å². The highest BCUT2D eigenvalue weighted by Crippen LogP contribution is 2.09. The van der Waals surface area contributed by atoms with Gasteiger partial charge in [-0.15, -0.1) is 0 Å². The van der Waals surface area contributed by atoms with Crippen molar-refractivity contribution in [3.63, 3.8) is 0 Å². The fourth-order valence-corrected chi connectivity index (χ4v) is 2.71. The smallest absolute Gasteiger partial charge is 0.344 e. The molecule has 4 nitrogen and oxygen atoms in total. The summed E-state index contributed by atoms with van der Waals surface area (Å²) in [6.45, 7) is 8.59. The number of unbranched alkanes of at least 4 members (excludes halogenated alkanes) is 12. The summed E-state index contributed by atoms with van der Waals surface area (Å²) in [5, 5.41) is 0. The Balaban J connectivity index is 3.57. The maximum absolute atomic E-state index is 11.8. The molecule has 0 aliphatic heterocycles. The van der Waals surface area contributed by atoms with E-state index >= 15 is 0 Å². The Morgan fingerprint density at radius 1 is 0.577 bits per heavy atom. The number of hydrogen-bond acceptors (Lipinski definition) is 4. The van der Waals surface area contributed by atoms with Crippen LogP contribution in [0.1, 0.15) is 104 Å². The third kappa shape index (κ3) is 15.0. The van der Waals surface area contributed by atoms with Crippen LogP contribution in [0.3, 0.4) is 0 Å². The number of ether oxygens (including phenoxy) is 2. The highest BCUT2D eigenvalue weighted by molar-refractivity contribution is 6.13. The number of rotatable bonds is 18. The summed E-state index contributed by atoms with van der Waals surface area (Å²) >= 11 is 0. The maximum Gasteiger partial charge on any atom is 0.344 e. The van der Waals surface area contributed by atoms with Crippen LogP contribution in [0.2, 0.25) is 0 Å². The maximum atomic E-state index is 11.8. The van der Waals surface area contributed by atoms with Crippen molar-refractivity contribution in [3.8, 4) is 0 Å². The molecule has 0 saturated carbocycles. The molecule has 0 heterocycles. The van der Waals surface area contributed by atoms with Gasteiger partial charge in [0.05, 0.1) is 13.2 Å². The van der Waals surface area contributed by atoms with Gasteiger partial charge < -0.3 is 9.47 Å². The predicted molar refractivity (Wildman–Crippen MR) is 107 cm³/mol. The topological polar surface area (TPSA) is 52.6 Å². The van der Waals surface area contributed by atoms with Crippen molar-refractivity contribution < 1.29 is 19.1 Å². The monoisotopic (exact) mass is 368 g/mol. The summed E-state index contributed by atoms with van der Waals surface area (Å²) in [5.41, 5.74) is -0.198. The lowest BCUT2D eigenvalue weighted by Gasteiger charge is -2.08. The molecule has 0 atom stereocenters. The zero-order chi connectivity index (χ0) is 19.5. The second-order valence-corrected chi connectivity index (χ2v) is 6.99. The Morgan fingerprint density at radius 3 is 1.23 bits per heavy atom. The summed E-state index contributed by atoms with van der Waals surface area (Å²) < 4.78 is 10.2. The van der Waals surface area contributed by atoms with Gasteiger partial charge in [-0.2, -0.15) is 0 Å². The van der Waals surface area contributed by atoms with Crippen LogP contribution in [-0.4, -0.2) is 25.2 Å². The van der Waals surface area contributed by atoms with Crippen molar-refractivity contribution >= 4 is 11.9 Å². The lowest BCUT2D eigenvalue weighted by atomic mass is 10.1. The van der Waals surface area contributed by atoms with Crippen LogP contribution >= 0.6 is 0 Å². The quantitative estimate of drug-likeness (QED) is 0.0960. The first-order valence-electron chi connectivity index (χ1n) is 10.7. The zero-order valence-electron chi connectivity index (χ0n) is 17.2. The van der Waals surface area contributed by atoms with E-state index in [9.17, 15) is 9.59 Å². The number of hydrogen-bond donors (Lipinski definition) is 0. The van der Waals surface area contributed by atoms with Gasteiger partial charge >= 0.3 is 11.9 Å². The minimum absolute atomic E-state index is 0.198. The number of esters is 2. The third-order valence-electron chi connectivity index (χ3n) is 4.45. The van der Waals surface area contributed by atoms with E-state index in [1.807, 2.05) is 0 Å². The van der Waals surface area contributed by atoms with Crippen molar-refractivity contribution in [2.24, 2.45) is 0 Å². The highest BCUT2D eigenvalue weighted by Gasteiger charge is 2.18. The molecule has 0 aromatic heterocycles. The largest absolute Gasteiger partial charge is 0.462 e. The molecule has 0 spiro atoms. The molecule has 0 aliphatic rings. The van der Waals surface area contributed by atoms with Crippen LogP contribution in [-0.2, 0) is 19.1 Å². The molecule has 0 aromatic carbocycles. The molecule has 4 heteroatoms. The summed E-state index contributed by atoms with van der Waals surface area (Å²) in [4.78, 5) is 23.5. The van der Waals surface area contributed by atoms with Crippen molar-refractivity contribution in [1.29, 1.82) is 0 Å². The van der Waals surface area contributed by atoms with E-state index in [-0.39, 0.29) is 5.57 Å². The first-order chi connectivity index (χ1) is 12.6. The van der Waals surface area contributed by atoms with Crippen LogP contribution in [0.15, 0.2) is 12.2 Å². The van der Waals surface area contributed by atoms with Gasteiger partial charge in [0.15, 0.2) is 0 Å². The van der Waals surface area contributed by atoms with Gasteiger partial charge in [-0.25, -0.2) is 9.59 Å². The molecule has 0 aromatic rings. The minimum atomic E-state index is -0.652. The van der Waals surface area contributed by atoms with Gasteiger partial charge in [-0.3, -0.25) is 0 Å². The van der Waals surface area contributed by atoms with E-state index in [2.05, 4.69) is 20.4 Å². The second kappa shape index (κ2) is 18.5. The summed E-state index contributed by atoms with van der Waals surface area (Å²) in [5.74, 6) is -1.30. The SMILES string of the molecule is C=C(C(=O)OCCCCCCCCC)C(=O)OCCCCCCCCC. The van der Waals surface area contributed by atoms with Gasteiger partial charge in [-0.05, 0) is 12.8 Å². The summed E-state index contributed by atoms with van der Waals surface area (Å²) in [6, 6.07) is 0. The molecule has 0 saturated heterocycles. The van der Waals surface area contributed by atoms with E-state index < -0.39 is 11.9 Å². The average molecular weight is 369 g/mol. The molecule has 0 amide bonds. The third-order valence-corrected chi connectivity index (χ3v) is 4.45. The predicted octanol–water partition coefficient (Wildman–Crippen LogP) is 6.13. The van der Waals surface area contributed by atoms with E-state index in [1.54, 1.807) is 0 Å². The Kier molecular flexibility index (Phi) is 17.5. The fraction of sp³-hybridized carbons (Fsp3) is 0.818. The van der Waals surface area contributed by atoms with Crippen LogP contribution in [0.25, 0.3) is 0 Å². The lowest BCUT2D eigenvalue weighted by Crippen LogP contribution is -2.18. The summed E-state index contributed by atoms with van der Waals surface area (Å²) in [7, 11) is 0. The van der Waals surface area contributed by atoms with E-state index in [1.165, 1.54) is 64.2 Å². The number of carbonyl (C=O) groups excluding carboxylic acids is 2. The lowest BCUT2D eigenvalue weighted by molar-refractivity contribution is -0.147. The molecule has 0 bridgehead atoms. The van der Waals surface area contributed by atoms with Crippen molar-refractivity contribution in [3.05, 3.63) is 12.2 Å². The fourth-order valence-electron chi connectivity index (χ4n) is 2.71. The van der Waals surface area contributed by atoms with Gasteiger partial charge in [0, 0.05) is 0 Å². The van der Waals surface area contributed by atoms with Gasteiger partial charge in [0.2, 0.25) is 0 Å². The van der Waals surface area contributed by atoms with Crippen LogP contribution in [0.4, 0.5) is 0 Å². The molecular weight excluding hydrogens is 328 g/mol. The van der Waals surface area contributed by atoms with Crippen LogP contribution in [0, 0.1) is 0 Å². The van der Waals surface area contributed by atoms with Crippen molar-refractivity contribution in [2.75, 3.05) is 13.2 Å². The van der Waals surface area contributed by atoms with Crippen molar-refractivity contribution in [1.82, 2.24) is 0 Å². The molecular formula is C22H40O4. The molecule has 0 radical (unpaired) electrons. The van der Waals surface area contributed by atoms with Gasteiger partial charge in [-0.1, -0.05) is 97.5 Å². The first kappa shape index (κ1) is 24.7. The Hall–Kier alpha value is -1.32. The Morgan fingerprint density at radius 2 is 0.885 bits per heavy atom. The molecule has 0 aliphatic carbocycles. The summed E-state index contributed by atoms with van der Waals surface area (Å²) in [6.07, 6.45) is 16.2. The second-order valence-electron chi connectivity index (χ2n) is 6.99. The minimum Gasteiger partial charge on any atom is -0.462 e. The number of carbonyl (C=O) groups is 2. The first-order valence-corrected chi connectivity index (χ1v) is 10.7. The molecule has 0 unspecified atom stereocenters. The molecule has 0 N–H and O–H groups in total. The van der Waals surface area contributed by atoms with Gasteiger partial charge in [0.1, 0.15) is 5.57 Å². The highest BCUT2D eigenvalue weighted by atomic mass is 16.6. The molecule has 0 rings (SSSR count). The van der Waals surface area contributed by atoms with Gasteiger partial charge in [0.25, 0.3) is 0 Å². The van der Waals surface area contributed by atoms with E-state index in [0.29, 0.717) is 13.2 Å². The molecule has 26 heavy (non-hydrogen) atoms. The Bertz CT molecular complexity index is 342. The Labute approximate surface area is 160 Å². The van der Waals surface area contributed by atoms with Crippen molar-refractivity contribution in [2.45, 2.75) is 104 Å².